The van der Waals surface area contributed by atoms with E-state index in [0.29, 0.717) is 32.0 Å². The number of para-hydroxylation sites is 1. The minimum absolute atomic E-state index is 0.268. The first-order chi connectivity index (χ1) is 21.8. The molecule has 3 heterocycles. The van der Waals surface area contributed by atoms with Gasteiger partial charge >= 0.3 is 5.97 Å². The van der Waals surface area contributed by atoms with Gasteiger partial charge in [-0.1, -0.05) is 41.7 Å². The Morgan fingerprint density at radius 1 is 0.933 bits per heavy atom. The normalized spacial score (nSPS) is 14.7. The smallest absolute Gasteiger partial charge is 0.338 e. The summed E-state index contributed by atoms with van der Waals surface area (Å²) in [6.07, 6.45) is 3.41. The molecule has 2 aromatic heterocycles. The maximum atomic E-state index is 14.3. The van der Waals surface area contributed by atoms with Crippen molar-refractivity contribution in [1.29, 1.82) is 0 Å². The molecule has 5 aromatic rings. The molecule has 0 saturated carbocycles. The Kier molecular flexibility index (Phi) is 8.23. The van der Waals surface area contributed by atoms with E-state index < -0.39 is 12.0 Å². The average molecular weight is 621 g/mol. The van der Waals surface area contributed by atoms with Crippen LogP contribution >= 0.6 is 11.3 Å². The molecule has 0 spiro atoms. The van der Waals surface area contributed by atoms with Crippen LogP contribution in [0.1, 0.15) is 37.9 Å². The molecule has 6 rings (SSSR count). The molecule has 0 aliphatic carbocycles. The van der Waals surface area contributed by atoms with Crippen molar-refractivity contribution >= 4 is 23.4 Å². The number of ether oxygens (including phenoxy) is 3. The number of methoxy groups -OCH3 is 2. The largest absolute Gasteiger partial charge is 0.497 e. The van der Waals surface area contributed by atoms with Gasteiger partial charge in [0.25, 0.3) is 5.56 Å². The van der Waals surface area contributed by atoms with E-state index in [4.69, 9.17) is 24.3 Å². The topological polar surface area (TPSA) is 96.9 Å². The minimum Gasteiger partial charge on any atom is -0.497 e. The molecule has 0 saturated heterocycles. The van der Waals surface area contributed by atoms with Crippen molar-refractivity contribution in [1.82, 2.24) is 14.3 Å². The van der Waals surface area contributed by atoms with Crippen LogP contribution < -0.4 is 24.4 Å². The van der Waals surface area contributed by atoms with E-state index in [9.17, 15) is 9.59 Å². The van der Waals surface area contributed by atoms with Crippen LogP contribution in [-0.4, -0.2) is 40.6 Å². The first kappa shape index (κ1) is 29.8. The van der Waals surface area contributed by atoms with E-state index in [1.807, 2.05) is 91.1 Å². The van der Waals surface area contributed by atoms with Gasteiger partial charge in [0.05, 0.1) is 47.9 Å². The maximum absolute atomic E-state index is 14.3. The molecular formula is C35H32N4O5S. The summed E-state index contributed by atoms with van der Waals surface area (Å²) < 4.78 is 20.2. The Balaban J connectivity index is 1.54. The van der Waals surface area contributed by atoms with Crippen molar-refractivity contribution in [2.24, 2.45) is 4.99 Å². The van der Waals surface area contributed by atoms with Crippen LogP contribution in [0.25, 0.3) is 23.0 Å². The Labute approximate surface area is 264 Å². The third-order valence-electron chi connectivity index (χ3n) is 7.43. The van der Waals surface area contributed by atoms with Crippen LogP contribution in [0.15, 0.2) is 106 Å². The third kappa shape index (κ3) is 5.84. The van der Waals surface area contributed by atoms with Crippen molar-refractivity contribution in [3.8, 4) is 28.4 Å². The molecule has 1 atom stereocenters. The molecule has 0 N–H and O–H groups in total. The number of fused-ring (bicyclic) bond motifs is 1. The molecule has 0 bridgehead atoms. The number of benzene rings is 3. The van der Waals surface area contributed by atoms with Gasteiger partial charge in [0.15, 0.2) is 4.80 Å². The second kappa shape index (κ2) is 12.4. The molecule has 3 aromatic carbocycles. The van der Waals surface area contributed by atoms with E-state index in [1.165, 1.54) is 11.3 Å². The lowest BCUT2D eigenvalue weighted by atomic mass is 9.96. The van der Waals surface area contributed by atoms with Crippen LogP contribution in [0.3, 0.4) is 0 Å². The number of thiazole rings is 1. The molecule has 0 amide bonds. The van der Waals surface area contributed by atoms with Gasteiger partial charge in [0, 0.05) is 17.3 Å². The average Bonchev–Trinajstić information content (AvgIpc) is 3.61. The van der Waals surface area contributed by atoms with Crippen molar-refractivity contribution in [3.05, 3.63) is 127 Å². The second-order valence-electron chi connectivity index (χ2n) is 10.8. The third-order valence-corrected chi connectivity index (χ3v) is 8.41. The van der Waals surface area contributed by atoms with Gasteiger partial charge in [-0.2, -0.15) is 5.10 Å². The van der Waals surface area contributed by atoms with Crippen LogP contribution in [-0.2, 0) is 9.53 Å². The van der Waals surface area contributed by atoms with E-state index in [1.54, 1.807) is 44.2 Å². The SMILES string of the molecule is COc1ccc(-c2nn(-c3ccccc3)cc2/C=c2\sc3n(c2=O)C(c2ccc(OC)cc2)C(C(=O)OC(C)C)=C(C)N=3)cc1. The number of hydrogen-bond donors (Lipinski definition) is 0. The summed E-state index contributed by atoms with van der Waals surface area (Å²) in [5.74, 6) is 0.892. The van der Waals surface area contributed by atoms with Gasteiger partial charge in [-0.25, -0.2) is 14.5 Å². The molecule has 1 aliphatic heterocycles. The summed E-state index contributed by atoms with van der Waals surface area (Å²) in [5.41, 5.74) is 4.52. The zero-order chi connectivity index (χ0) is 31.7. The van der Waals surface area contributed by atoms with Crippen LogP contribution in [0.2, 0.25) is 0 Å². The van der Waals surface area contributed by atoms with E-state index in [2.05, 4.69) is 0 Å². The monoisotopic (exact) mass is 620 g/mol. The summed E-state index contributed by atoms with van der Waals surface area (Å²) in [6, 6.07) is 24.0. The summed E-state index contributed by atoms with van der Waals surface area (Å²) in [7, 11) is 3.22. The molecule has 1 unspecified atom stereocenters. The highest BCUT2D eigenvalue weighted by Crippen LogP contribution is 2.32. The molecule has 1 aliphatic rings. The highest BCUT2D eigenvalue weighted by Gasteiger charge is 2.34. The number of carbonyl (C=O) groups is 1. The van der Waals surface area contributed by atoms with Crippen molar-refractivity contribution in [2.75, 3.05) is 14.2 Å². The van der Waals surface area contributed by atoms with Crippen molar-refractivity contribution in [3.63, 3.8) is 0 Å². The number of rotatable bonds is 8. The number of hydrogen-bond acceptors (Lipinski definition) is 8. The Bertz CT molecular complexity index is 2070. The first-order valence-corrected chi connectivity index (χ1v) is 15.3. The minimum atomic E-state index is -0.728. The van der Waals surface area contributed by atoms with Gasteiger partial charge in [-0.15, -0.1) is 0 Å². The number of aromatic nitrogens is 3. The van der Waals surface area contributed by atoms with Gasteiger partial charge in [0.2, 0.25) is 0 Å². The van der Waals surface area contributed by atoms with Gasteiger partial charge in [-0.3, -0.25) is 9.36 Å². The van der Waals surface area contributed by atoms with Gasteiger partial charge in [-0.05, 0) is 80.9 Å². The standard InChI is InChI=1S/C35H32N4O5S/c1-21(2)44-34(41)30-22(3)36-35-39(32(30)24-13-17-28(43-5)18-14-24)33(40)29(45-35)19-25-20-38(26-9-7-6-8-10-26)37-31(25)23-11-15-27(42-4)16-12-23/h6-21,32H,1-5H3/b29-19-. The zero-order valence-electron chi connectivity index (χ0n) is 25.6. The van der Waals surface area contributed by atoms with Crippen LogP contribution in [0, 0.1) is 0 Å². The van der Waals surface area contributed by atoms with Crippen LogP contribution in [0.4, 0.5) is 0 Å². The van der Waals surface area contributed by atoms with E-state index >= 15 is 0 Å². The molecule has 10 heteroatoms. The molecular weight excluding hydrogens is 588 g/mol. The number of allylic oxidation sites excluding steroid dienone is 1. The predicted octanol–water partition coefficient (Wildman–Crippen LogP) is 5.06. The Morgan fingerprint density at radius 2 is 1.58 bits per heavy atom. The Morgan fingerprint density at radius 3 is 2.20 bits per heavy atom. The summed E-state index contributed by atoms with van der Waals surface area (Å²) in [4.78, 5) is 32.9. The van der Waals surface area contributed by atoms with Gasteiger partial charge in [0.1, 0.15) is 17.2 Å². The zero-order valence-corrected chi connectivity index (χ0v) is 26.4. The number of carbonyl (C=O) groups excluding carboxylic acids is 1. The van der Waals surface area contributed by atoms with Crippen LogP contribution in [0.5, 0.6) is 11.5 Å². The van der Waals surface area contributed by atoms with Crippen molar-refractivity contribution < 1.29 is 19.0 Å². The lowest BCUT2D eigenvalue weighted by molar-refractivity contribution is -0.143. The molecule has 228 valence electrons. The lowest BCUT2D eigenvalue weighted by Crippen LogP contribution is -2.40. The summed E-state index contributed by atoms with van der Waals surface area (Å²) in [5, 5.41) is 4.90. The highest BCUT2D eigenvalue weighted by atomic mass is 32.1. The maximum Gasteiger partial charge on any atom is 0.338 e. The fourth-order valence-electron chi connectivity index (χ4n) is 5.28. The Hall–Kier alpha value is -5.22. The number of nitrogens with zero attached hydrogens (tertiary/aromatic N) is 4. The van der Waals surface area contributed by atoms with E-state index in [0.717, 1.165) is 28.1 Å². The summed E-state index contributed by atoms with van der Waals surface area (Å²) in [6.45, 7) is 5.36. The van der Waals surface area contributed by atoms with Crippen molar-refractivity contribution in [2.45, 2.75) is 32.9 Å². The van der Waals surface area contributed by atoms with Gasteiger partial charge < -0.3 is 14.2 Å². The predicted molar refractivity (Wildman–Crippen MR) is 174 cm³/mol. The quantitative estimate of drug-likeness (QED) is 0.225. The van der Waals surface area contributed by atoms with E-state index in [-0.39, 0.29) is 11.7 Å². The summed E-state index contributed by atoms with van der Waals surface area (Å²) >= 11 is 1.27. The second-order valence-corrected chi connectivity index (χ2v) is 11.8. The molecule has 45 heavy (non-hydrogen) atoms. The lowest BCUT2D eigenvalue weighted by Gasteiger charge is -2.25. The fraction of sp³-hybridized carbons (Fsp3) is 0.200. The number of esters is 1. The molecule has 0 radical (unpaired) electrons. The molecule has 9 nitrogen and oxygen atoms in total. The highest BCUT2D eigenvalue weighted by molar-refractivity contribution is 7.07. The molecule has 0 fully saturated rings. The first-order valence-electron chi connectivity index (χ1n) is 14.4. The fourth-order valence-corrected chi connectivity index (χ4v) is 6.32.